The van der Waals surface area contributed by atoms with Crippen LogP contribution in [0.25, 0.3) is 0 Å². The molecule has 0 amide bonds. The van der Waals surface area contributed by atoms with Gasteiger partial charge in [-0.3, -0.25) is 0 Å². The molecule has 2 rings (SSSR count). The van der Waals surface area contributed by atoms with Gasteiger partial charge < -0.3 is 5.32 Å². The normalized spacial score (nSPS) is 27.5. The van der Waals surface area contributed by atoms with Gasteiger partial charge in [0.25, 0.3) is 0 Å². The molecule has 3 unspecified atom stereocenters. The fraction of sp³-hybridized carbons (Fsp3) is 0.625. The molecule has 1 aromatic carbocycles. The van der Waals surface area contributed by atoms with Crippen LogP contribution >= 0.6 is 15.9 Å². The lowest BCUT2D eigenvalue weighted by molar-refractivity contribution is 0.214. The van der Waals surface area contributed by atoms with Crippen LogP contribution in [0.5, 0.6) is 0 Å². The fourth-order valence-corrected chi connectivity index (χ4v) is 3.65. The lowest BCUT2D eigenvalue weighted by Crippen LogP contribution is -2.41. The van der Waals surface area contributed by atoms with E-state index in [1.165, 1.54) is 25.3 Å². The number of nitrogens with one attached hydrogen (secondary N) is 1. The molecule has 106 valence electrons. The average Bonchev–Trinajstić information content (AvgIpc) is 2.37. The molecule has 3 heteroatoms. The van der Waals surface area contributed by atoms with Crippen molar-refractivity contribution < 1.29 is 4.39 Å². The monoisotopic (exact) mass is 327 g/mol. The van der Waals surface area contributed by atoms with Gasteiger partial charge in [-0.15, -0.1) is 0 Å². The summed E-state index contributed by atoms with van der Waals surface area (Å²) >= 11 is 3.54. The standard InChI is InChI=1S/C16H23BrFN/c1-3-19-16-7-4-11(2)8-13(16)9-12-10-14(18)5-6-15(12)17/h5-6,10-11,13,16,19H,3-4,7-9H2,1-2H3. The van der Waals surface area contributed by atoms with Gasteiger partial charge in [0.15, 0.2) is 0 Å². The lowest BCUT2D eigenvalue weighted by Gasteiger charge is -2.35. The van der Waals surface area contributed by atoms with Gasteiger partial charge in [-0.2, -0.15) is 0 Å². The Morgan fingerprint density at radius 1 is 1.37 bits per heavy atom. The summed E-state index contributed by atoms with van der Waals surface area (Å²) < 4.78 is 14.4. The predicted octanol–water partition coefficient (Wildman–Crippen LogP) is 4.55. The topological polar surface area (TPSA) is 12.0 Å². The van der Waals surface area contributed by atoms with E-state index in [9.17, 15) is 4.39 Å². The highest BCUT2D eigenvalue weighted by molar-refractivity contribution is 9.10. The van der Waals surface area contributed by atoms with Crippen LogP contribution in [0.2, 0.25) is 0 Å². The van der Waals surface area contributed by atoms with Crippen molar-refractivity contribution >= 4 is 15.9 Å². The first-order valence-electron chi connectivity index (χ1n) is 7.27. The van der Waals surface area contributed by atoms with Gasteiger partial charge in [0, 0.05) is 10.5 Å². The van der Waals surface area contributed by atoms with Gasteiger partial charge in [0.1, 0.15) is 5.82 Å². The Kier molecular flexibility index (Phi) is 5.40. The van der Waals surface area contributed by atoms with Crippen LogP contribution in [-0.2, 0) is 6.42 Å². The summed E-state index contributed by atoms with van der Waals surface area (Å²) in [7, 11) is 0. The first kappa shape index (κ1) is 15.0. The number of hydrogen-bond acceptors (Lipinski definition) is 1. The van der Waals surface area contributed by atoms with E-state index < -0.39 is 0 Å². The number of halogens is 2. The van der Waals surface area contributed by atoms with Gasteiger partial charge in [-0.05, 0) is 67.8 Å². The highest BCUT2D eigenvalue weighted by atomic mass is 79.9. The summed E-state index contributed by atoms with van der Waals surface area (Å²) in [6.07, 6.45) is 4.74. The maximum absolute atomic E-state index is 13.4. The average molecular weight is 328 g/mol. The molecule has 0 radical (unpaired) electrons. The summed E-state index contributed by atoms with van der Waals surface area (Å²) in [5.74, 6) is 1.26. The van der Waals surface area contributed by atoms with E-state index in [1.54, 1.807) is 6.07 Å². The molecule has 1 aromatic rings. The zero-order valence-electron chi connectivity index (χ0n) is 11.8. The molecule has 1 saturated carbocycles. The van der Waals surface area contributed by atoms with Crippen molar-refractivity contribution in [2.45, 2.75) is 45.6 Å². The zero-order valence-corrected chi connectivity index (χ0v) is 13.3. The van der Waals surface area contributed by atoms with E-state index in [2.05, 4.69) is 35.1 Å². The van der Waals surface area contributed by atoms with Crippen molar-refractivity contribution in [1.29, 1.82) is 0 Å². The minimum atomic E-state index is -0.137. The van der Waals surface area contributed by atoms with E-state index in [0.29, 0.717) is 12.0 Å². The fourth-order valence-electron chi connectivity index (χ4n) is 3.24. The SMILES string of the molecule is CCNC1CCC(C)CC1Cc1cc(F)ccc1Br. The summed E-state index contributed by atoms with van der Waals surface area (Å²) in [6, 6.07) is 5.58. The Morgan fingerprint density at radius 2 is 2.16 bits per heavy atom. The van der Waals surface area contributed by atoms with Crippen molar-refractivity contribution in [3.63, 3.8) is 0 Å². The van der Waals surface area contributed by atoms with Gasteiger partial charge in [0.2, 0.25) is 0 Å². The van der Waals surface area contributed by atoms with E-state index in [0.717, 1.165) is 28.9 Å². The first-order chi connectivity index (χ1) is 9.10. The summed E-state index contributed by atoms with van der Waals surface area (Å²) in [6.45, 7) is 5.50. The van der Waals surface area contributed by atoms with Crippen LogP contribution in [0, 0.1) is 17.7 Å². The highest BCUT2D eigenvalue weighted by Gasteiger charge is 2.28. The Bertz CT molecular complexity index is 421. The van der Waals surface area contributed by atoms with Crippen LogP contribution in [0.15, 0.2) is 22.7 Å². The Morgan fingerprint density at radius 3 is 2.89 bits per heavy atom. The van der Waals surface area contributed by atoms with Crippen LogP contribution in [0.1, 0.15) is 38.7 Å². The maximum atomic E-state index is 13.4. The molecule has 3 atom stereocenters. The van der Waals surface area contributed by atoms with Crippen molar-refractivity contribution in [3.8, 4) is 0 Å². The van der Waals surface area contributed by atoms with E-state index in [-0.39, 0.29) is 5.82 Å². The lowest BCUT2D eigenvalue weighted by atomic mass is 9.76. The van der Waals surface area contributed by atoms with Gasteiger partial charge >= 0.3 is 0 Å². The molecule has 0 aromatic heterocycles. The Balaban J connectivity index is 2.11. The van der Waals surface area contributed by atoms with Crippen LogP contribution in [0.4, 0.5) is 4.39 Å². The highest BCUT2D eigenvalue weighted by Crippen LogP contribution is 2.33. The van der Waals surface area contributed by atoms with Crippen molar-refractivity contribution in [3.05, 3.63) is 34.1 Å². The Hall–Kier alpha value is -0.410. The minimum Gasteiger partial charge on any atom is -0.314 e. The zero-order chi connectivity index (χ0) is 13.8. The smallest absolute Gasteiger partial charge is 0.123 e. The first-order valence-corrected chi connectivity index (χ1v) is 8.06. The van der Waals surface area contributed by atoms with Crippen molar-refractivity contribution in [2.75, 3.05) is 6.54 Å². The molecule has 0 saturated heterocycles. The van der Waals surface area contributed by atoms with Crippen molar-refractivity contribution in [1.82, 2.24) is 5.32 Å². The molecule has 19 heavy (non-hydrogen) atoms. The molecule has 1 fully saturated rings. The van der Waals surface area contributed by atoms with Crippen LogP contribution in [-0.4, -0.2) is 12.6 Å². The Labute approximate surface area is 124 Å². The summed E-state index contributed by atoms with van der Waals surface area (Å²) in [4.78, 5) is 0. The third-order valence-electron chi connectivity index (χ3n) is 4.20. The molecular weight excluding hydrogens is 305 g/mol. The number of hydrogen-bond donors (Lipinski definition) is 1. The quantitative estimate of drug-likeness (QED) is 0.855. The van der Waals surface area contributed by atoms with Gasteiger partial charge in [-0.1, -0.05) is 29.8 Å². The van der Waals surface area contributed by atoms with Crippen LogP contribution in [0.3, 0.4) is 0 Å². The third-order valence-corrected chi connectivity index (χ3v) is 4.97. The second kappa shape index (κ2) is 6.85. The molecule has 1 nitrogen and oxygen atoms in total. The van der Waals surface area contributed by atoms with Crippen LogP contribution < -0.4 is 5.32 Å². The number of benzene rings is 1. The van der Waals surface area contributed by atoms with Crippen molar-refractivity contribution in [2.24, 2.45) is 11.8 Å². The molecule has 1 N–H and O–H groups in total. The summed E-state index contributed by atoms with van der Waals surface area (Å²) in [5, 5.41) is 3.60. The molecule has 1 aliphatic rings. The van der Waals surface area contributed by atoms with Gasteiger partial charge in [0.05, 0.1) is 0 Å². The third kappa shape index (κ3) is 4.03. The molecule has 1 aliphatic carbocycles. The largest absolute Gasteiger partial charge is 0.314 e. The molecule has 0 heterocycles. The summed E-state index contributed by atoms with van der Waals surface area (Å²) in [5.41, 5.74) is 1.10. The van der Waals surface area contributed by atoms with E-state index in [4.69, 9.17) is 0 Å². The van der Waals surface area contributed by atoms with E-state index in [1.807, 2.05) is 6.07 Å². The number of rotatable bonds is 4. The minimum absolute atomic E-state index is 0.137. The molecule has 0 bridgehead atoms. The second-order valence-electron chi connectivity index (χ2n) is 5.78. The predicted molar refractivity (Wildman–Crippen MR) is 81.8 cm³/mol. The van der Waals surface area contributed by atoms with E-state index >= 15 is 0 Å². The maximum Gasteiger partial charge on any atom is 0.123 e. The molecule has 0 aliphatic heterocycles. The second-order valence-corrected chi connectivity index (χ2v) is 6.64. The molecular formula is C16H23BrFN. The van der Waals surface area contributed by atoms with Gasteiger partial charge in [-0.25, -0.2) is 4.39 Å². The molecule has 0 spiro atoms.